The highest BCUT2D eigenvalue weighted by Gasteiger charge is 2.29. The van der Waals surface area contributed by atoms with Gasteiger partial charge in [-0.15, -0.1) is 0 Å². The summed E-state index contributed by atoms with van der Waals surface area (Å²) in [4.78, 5) is 0.373. The molecule has 21 heavy (non-hydrogen) atoms. The molecule has 0 aliphatic carbocycles. The van der Waals surface area contributed by atoms with E-state index in [1.54, 1.807) is 29.6 Å². The molecule has 0 amide bonds. The molecule has 1 saturated heterocycles. The lowest BCUT2D eigenvalue weighted by Crippen LogP contribution is -2.40. The number of methoxy groups -OCH3 is 1. The number of benzene rings is 1. The molecular formula is C15H24N2O3S. The van der Waals surface area contributed by atoms with Crippen LogP contribution in [0, 0.1) is 0 Å². The van der Waals surface area contributed by atoms with E-state index in [0.717, 1.165) is 18.4 Å². The minimum atomic E-state index is -3.41. The molecule has 5 nitrogen and oxygen atoms in total. The van der Waals surface area contributed by atoms with E-state index in [4.69, 9.17) is 4.74 Å². The molecule has 0 aromatic heterocycles. The Labute approximate surface area is 127 Å². The number of sulfonamides is 1. The van der Waals surface area contributed by atoms with Crippen LogP contribution in [-0.2, 0) is 14.8 Å². The normalized spacial score (nSPS) is 19.6. The van der Waals surface area contributed by atoms with Gasteiger partial charge in [-0.25, -0.2) is 8.42 Å². The number of nitrogens with one attached hydrogen (secondary N) is 1. The van der Waals surface area contributed by atoms with Crippen LogP contribution in [-0.4, -0.2) is 46.1 Å². The third-order valence-corrected chi connectivity index (χ3v) is 6.06. The van der Waals surface area contributed by atoms with Crippen LogP contribution >= 0.6 is 0 Å². The zero-order chi connectivity index (χ0) is 15.5. The monoisotopic (exact) mass is 312 g/mol. The third-order valence-electron chi connectivity index (χ3n) is 4.16. The molecule has 0 radical (unpaired) electrons. The fourth-order valence-corrected chi connectivity index (χ4v) is 4.09. The van der Waals surface area contributed by atoms with Crippen molar-refractivity contribution in [1.82, 2.24) is 9.62 Å². The maximum Gasteiger partial charge on any atom is 0.243 e. The standard InChI is InChI=1S/C15H24N2O3S/c1-12(16-2)13-5-4-6-15(11-13)21(18,19)17-9-7-14(20-3)8-10-17/h4-6,11-12,14,16H,7-10H2,1-3H3. The van der Waals surface area contributed by atoms with Crippen LogP contribution < -0.4 is 5.32 Å². The average Bonchev–Trinajstić information content (AvgIpc) is 2.54. The number of nitrogens with zero attached hydrogens (tertiary/aromatic N) is 1. The molecule has 1 aromatic rings. The van der Waals surface area contributed by atoms with E-state index in [1.807, 2.05) is 20.0 Å². The van der Waals surface area contributed by atoms with Gasteiger partial charge in [0, 0.05) is 26.2 Å². The molecule has 1 fully saturated rings. The van der Waals surface area contributed by atoms with Gasteiger partial charge >= 0.3 is 0 Å². The Hall–Kier alpha value is -0.950. The zero-order valence-corrected chi connectivity index (χ0v) is 13.7. The number of ether oxygens (including phenoxy) is 1. The van der Waals surface area contributed by atoms with E-state index in [2.05, 4.69) is 5.32 Å². The lowest BCUT2D eigenvalue weighted by Gasteiger charge is -2.30. The quantitative estimate of drug-likeness (QED) is 0.900. The number of piperidine rings is 1. The summed E-state index contributed by atoms with van der Waals surface area (Å²) in [6, 6.07) is 7.30. The minimum Gasteiger partial charge on any atom is -0.381 e. The number of rotatable bonds is 5. The molecule has 1 aliphatic heterocycles. The minimum absolute atomic E-state index is 0.124. The summed E-state index contributed by atoms with van der Waals surface area (Å²) in [6.07, 6.45) is 1.68. The second-order valence-corrected chi connectivity index (χ2v) is 7.36. The van der Waals surface area contributed by atoms with Crippen molar-refractivity contribution in [2.45, 2.75) is 36.8 Å². The molecule has 2 rings (SSSR count). The Morgan fingerprint density at radius 2 is 2.00 bits per heavy atom. The summed E-state index contributed by atoms with van der Waals surface area (Å²) < 4.78 is 32.3. The largest absolute Gasteiger partial charge is 0.381 e. The first kappa shape index (κ1) is 16.4. The topological polar surface area (TPSA) is 58.6 Å². The molecule has 6 heteroatoms. The maximum absolute atomic E-state index is 12.7. The Kier molecular flexibility index (Phi) is 5.37. The van der Waals surface area contributed by atoms with Crippen LogP contribution in [0.3, 0.4) is 0 Å². The second-order valence-electron chi connectivity index (χ2n) is 5.42. The Bertz CT molecular complexity index is 566. The van der Waals surface area contributed by atoms with Crippen LogP contribution in [0.25, 0.3) is 0 Å². The van der Waals surface area contributed by atoms with Crippen molar-refractivity contribution in [3.8, 4) is 0 Å². The number of hydrogen-bond acceptors (Lipinski definition) is 4. The molecule has 1 aromatic carbocycles. The van der Waals surface area contributed by atoms with E-state index in [-0.39, 0.29) is 12.1 Å². The van der Waals surface area contributed by atoms with E-state index in [0.29, 0.717) is 18.0 Å². The summed E-state index contributed by atoms with van der Waals surface area (Å²) in [7, 11) is 0.133. The first-order chi connectivity index (χ1) is 9.98. The lowest BCUT2D eigenvalue weighted by atomic mass is 10.1. The molecule has 1 aliphatic rings. The first-order valence-electron chi connectivity index (χ1n) is 7.29. The van der Waals surface area contributed by atoms with E-state index < -0.39 is 10.0 Å². The summed E-state index contributed by atoms with van der Waals surface area (Å²) >= 11 is 0. The average molecular weight is 312 g/mol. The van der Waals surface area contributed by atoms with Gasteiger partial charge in [0.05, 0.1) is 11.0 Å². The van der Waals surface area contributed by atoms with Crippen LogP contribution in [0.1, 0.15) is 31.4 Å². The van der Waals surface area contributed by atoms with Gasteiger partial charge in [0.25, 0.3) is 0 Å². The molecule has 118 valence electrons. The molecule has 1 heterocycles. The highest BCUT2D eigenvalue weighted by atomic mass is 32.2. The van der Waals surface area contributed by atoms with Gasteiger partial charge in [-0.05, 0) is 44.5 Å². The summed E-state index contributed by atoms with van der Waals surface area (Å²) in [5, 5.41) is 3.13. The smallest absolute Gasteiger partial charge is 0.243 e. The van der Waals surface area contributed by atoms with Gasteiger partial charge in [0.1, 0.15) is 0 Å². The van der Waals surface area contributed by atoms with Gasteiger partial charge in [-0.3, -0.25) is 0 Å². The van der Waals surface area contributed by atoms with Gasteiger partial charge in [0.15, 0.2) is 0 Å². The van der Waals surface area contributed by atoms with E-state index in [1.165, 1.54) is 0 Å². The highest BCUT2D eigenvalue weighted by molar-refractivity contribution is 7.89. The fourth-order valence-electron chi connectivity index (χ4n) is 2.57. The second kappa shape index (κ2) is 6.87. The zero-order valence-electron chi connectivity index (χ0n) is 12.9. The first-order valence-corrected chi connectivity index (χ1v) is 8.73. The van der Waals surface area contributed by atoms with Crippen LogP contribution in [0.2, 0.25) is 0 Å². The van der Waals surface area contributed by atoms with Crippen LogP contribution in [0.4, 0.5) is 0 Å². The van der Waals surface area contributed by atoms with Crippen molar-refractivity contribution in [3.05, 3.63) is 29.8 Å². The fraction of sp³-hybridized carbons (Fsp3) is 0.600. The van der Waals surface area contributed by atoms with E-state index >= 15 is 0 Å². The number of hydrogen-bond donors (Lipinski definition) is 1. The van der Waals surface area contributed by atoms with Crippen LogP contribution in [0.5, 0.6) is 0 Å². The predicted molar refractivity (Wildman–Crippen MR) is 82.7 cm³/mol. The molecule has 0 spiro atoms. The lowest BCUT2D eigenvalue weighted by molar-refractivity contribution is 0.0604. The molecule has 1 unspecified atom stereocenters. The molecule has 0 saturated carbocycles. The van der Waals surface area contributed by atoms with Gasteiger partial charge in [-0.1, -0.05) is 12.1 Å². The Balaban J connectivity index is 2.20. The van der Waals surface area contributed by atoms with Crippen molar-refractivity contribution in [1.29, 1.82) is 0 Å². The summed E-state index contributed by atoms with van der Waals surface area (Å²) in [5.41, 5.74) is 0.977. The molecular weight excluding hydrogens is 288 g/mol. The molecule has 1 atom stereocenters. The molecule has 1 N–H and O–H groups in total. The molecule has 0 bridgehead atoms. The highest BCUT2D eigenvalue weighted by Crippen LogP contribution is 2.24. The van der Waals surface area contributed by atoms with Crippen molar-refractivity contribution in [3.63, 3.8) is 0 Å². The Morgan fingerprint density at radius 1 is 1.33 bits per heavy atom. The SMILES string of the molecule is CNC(C)c1cccc(S(=O)(=O)N2CCC(OC)CC2)c1. The van der Waals surface area contributed by atoms with Gasteiger partial charge in [0.2, 0.25) is 10.0 Å². The van der Waals surface area contributed by atoms with Gasteiger partial charge < -0.3 is 10.1 Å². The van der Waals surface area contributed by atoms with Crippen molar-refractivity contribution < 1.29 is 13.2 Å². The van der Waals surface area contributed by atoms with Crippen LogP contribution in [0.15, 0.2) is 29.2 Å². The van der Waals surface area contributed by atoms with E-state index in [9.17, 15) is 8.42 Å². The third kappa shape index (κ3) is 3.63. The Morgan fingerprint density at radius 3 is 2.57 bits per heavy atom. The summed E-state index contributed by atoms with van der Waals surface area (Å²) in [6.45, 7) is 3.05. The van der Waals surface area contributed by atoms with Gasteiger partial charge in [-0.2, -0.15) is 4.31 Å². The predicted octanol–water partition coefficient (Wildman–Crippen LogP) is 1.77. The van der Waals surface area contributed by atoms with Crippen molar-refractivity contribution in [2.24, 2.45) is 0 Å². The van der Waals surface area contributed by atoms with Crippen molar-refractivity contribution in [2.75, 3.05) is 27.2 Å². The maximum atomic E-state index is 12.7. The van der Waals surface area contributed by atoms with Crippen molar-refractivity contribution >= 4 is 10.0 Å². The summed E-state index contributed by atoms with van der Waals surface area (Å²) in [5.74, 6) is 0.